The number of nitrogens with one attached hydrogen (secondary N) is 1. The van der Waals surface area contributed by atoms with Gasteiger partial charge < -0.3 is 10.1 Å². The lowest BCUT2D eigenvalue weighted by molar-refractivity contribution is 0.0946. The number of ether oxygens (including phenoxy) is 1. The number of halogens is 3. The van der Waals surface area contributed by atoms with Crippen LogP contribution < -0.4 is 10.1 Å². The molecular weight excluding hydrogens is 392 g/mol. The summed E-state index contributed by atoms with van der Waals surface area (Å²) in [7, 11) is 0. The van der Waals surface area contributed by atoms with Crippen molar-refractivity contribution in [1.29, 1.82) is 0 Å². The molecule has 0 aliphatic carbocycles. The highest BCUT2D eigenvalue weighted by molar-refractivity contribution is 6.36. The zero-order valence-electron chi connectivity index (χ0n) is 14.0. The van der Waals surface area contributed by atoms with Gasteiger partial charge in [-0.25, -0.2) is 4.39 Å². The van der Waals surface area contributed by atoms with Gasteiger partial charge in [0, 0.05) is 16.7 Å². The molecule has 2 aromatic carbocycles. The van der Waals surface area contributed by atoms with E-state index in [4.69, 9.17) is 27.9 Å². The van der Waals surface area contributed by atoms with Crippen molar-refractivity contribution in [2.45, 2.75) is 0 Å². The number of carbonyl (C=O) groups is 1. The Hall–Kier alpha value is -2.70. The predicted molar refractivity (Wildman–Crippen MR) is 102 cm³/mol. The van der Waals surface area contributed by atoms with Gasteiger partial charge in [0.05, 0.1) is 22.8 Å². The molecule has 0 radical (unpaired) electrons. The molecule has 0 unspecified atom stereocenters. The van der Waals surface area contributed by atoms with Crippen molar-refractivity contribution < 1.29 is 13.9 Å². The second kappa shape index (κ2) is 8.79. The van der Waals surface area contributed by atoms with Crippen LogP contribution in [0.2, 0.25) is 10.0 Å². The van der Waals surface area contributed by atoms with E-state index in [2.05, 4.69) is 15.5 Å². The monoisotopic (exact) mass is 405 g/mol. The molecule has 5 nitrogen and oxygen atoms in total. The number of hydrogen-bond donors (Lipinski definition) is 1. The molecule has 138 valence electrons. The molecule has 1 N–H and O–H groups in total. The van der Waals surface area contributed by atoms with Crippen molar-refractivity contribution in [2.24, 2.45) is 0 Å². The summed E-state index contributed by atoms with van der Waals surface area (Å²) in [6.07, 6.45) is 0. The first-order valence-electron chi connectivity index (χ1n) is 7.98. The molecule has 0 bridgehead atoms. The summed E-state index contributed by atoms with van der Waals surface area (Å²) in [6, 6.07) is 14.0. The van der Waals surface area contributed by atoms with Crippen LogP contribution in [0, 0.1) is 5.82 Å². The van der Waals surface area contributed by atoms with Crippen molar-refractivity contribution in [3.8, 4) is 17.1 Å². The van der Waals surface area contributed by atoms with E-state index in [9.17, 15) is 9.18 Å². The zero-order chi connectivity index (χ0) is 19.2. The highest BCUT2D eigenvalue weighted by Gasteiger charge is 2.10. The summed E-state index contributed by atoms with van der Waals surface area (Å²) in [4.78, 5) is 12.1. The molecule has 0 atom stereocenters. The molecule has 0 aliphatic heterocycles. The average molecular weight is 406 g/mol. The molecule has 1 heterocycles. The fourth-order valence-electron chi connectivity index (χ4n) is 2.26. The lowest BCUT2D eigenvalue weighted by atomic mass is 10.1. The molecule has 0 spiro atoms. The van der Waals surface area contributed by atoms with E-state index in [1.807, 2.05) is 0 Å². The van der Waals surface area contributed by atoms with Crippen LogP contribution in [0.5, 0.6) is 5.88 Å². The Labute approximate surface area is 165 Å². The topological polar surface area (TPSA) is 64.1 Å². The number of rotatable bonds is 6. The lowest BCUT2D eigenvalue weighted by Crippen LogP contribution is -2.28. The van der Waals surface area contributed by atoms with Crippen LogP contribution in [0.15, 0.2) is 54.6 Å². The van der Waals surface area contributed by atoms with Crippen molar-refractivity contribution >= 4 is 29.1 Å². The van der Waals surface area contributed by atoms with Crippen LogP contribution in [-0.4, -0.2) is 29.3 Å². The van der Waals surface area contributed by atoms with Gasteiger partial charge in [0.1, 0.15) is 12.4 Å². The summed E-state index contributed by atoms with van der Waals surface area (Å²) in [5.74, 6) is -0.314. The maximum absolute atomic E-state index is 12.9. The molecule has 8 heteroatoms. The van der Waals surface area contributed by atoms with Gasteiger partial charge in [-0.3, -0.25) is 4.79 Å². The van der Waals surface area contributed by atoms with Crippen LogP contribution in [0.4, 0.5) is 4.39 Å². The van der Waals surface area contributed by atoms with E-state index >= 15 is 0 Å². The summed E-state index contributed by atoms with van der Waals surface area (Å²) in [5.41, 5.74) is 1.69. The minimum Gasteiger partial charge on any atom is -0.475 e. The maximum Gasteiger partial charge on any atom is 0.252 e. The Kier molecular flexibility index (Phi) is 6.21. The van der Waals surface area contributed by atoms with Crippen LogP contribution in [-0.2, 0) is 0 Å². The molecule has 0 saturated carbocycles. The van der Waals surface area contributed by atoms with Gasteiger partial charge in [0.25, 0.3) is 5.91 Å². The Morgan fingerprint density at radius 3 is 2.48 bits per heavy atom. The molecule has 1 amide bonds. The number of carbonyl (C=O) groups excluding carboxylic acids is 1. The van der Waals surface area contributed by atoms with E-state index in [-0.39, 0.29) is 29.9 Å². The van der Waals surface area contributed by atoms with E-state index in [0.717, 1.165) is 5.56 Å². The third-order valence-corrected chi connectivity index (χ3v) is 4.14. The second-order valence-electron chi connectivity index (χ2n) is 5.49. The van der Waals surface area contributed by atoms with Gasteiger partial charge in [-0.15, -0.1) is 10.2 Å². The highest BCUT2D eigenvalue weighted by Crippen LogP contribution is 2.21. The number of nitrogens with zero attached hydrogens (tertiary/aromatic N) is 2. The first-order chi connectivity index (χ1) is 13.0. The Balaban J connectivity index is 1.49. The fourth-order valence-corrected chi connectivity index (χ4v) is 2.75. The Morgan fingerprint density at radius 1 is 1.04 bits per heavy atom. The quantitative estimate of drug-likeness (QED) is 0.617. The number of amides is 1. The minimum atomic E-state index is -0.321. The molecule has 0 aliphatic rings. The molecule has 3 rings (SSSR count). The van der Waals surface area contributed by atoms with E-state index < -0.39 is 0 Å². The zero-order valence-corrected chi connectivity index (χ0v) is 15.5. The standard InChI is InChI=1S/C19H14Cl2FN3O2/c20-13-3-6-15(16(21)11-13)19(26)23-9-10-27-18-8-7-17(24-25-18)12-1-4-14(22)5-2-12/h1-8,11H,9-10H2,(H,23,26). The fraction of sp³-hybridized carbons (Fsp3) is 0.105. The number of hydrogen-bond acceptors (Lipinski definition) is 4. The predicted octanol–water partition coefficient (Wildman–Crippen LogP) is 4.40. The normalized spacial score (nSPS) is 10.5. The Bertz CT molecular complexity index is 935. The summed E-state index contributed by atoms with van der Waals surface area (Å²) in [6.45, 7) is 0.473. The minimum absolute atomic E-state index is 0.210. The van der Waals surface area contributed by atoms with Crippen LogP contribution in [0.25, 0.3) is 11.3 Å². The third-order valence-electron chi connectivity index (χ3n) is 3.59. The van der Waals surface area contributed by atoms with Gasteiger partial charge in [-0.05, 0) is 48.5 Å². The van der Waals surface area contributed by atoms with Crippen LogP contribution in [0.3, 0.4) is 0 Å². The van der Waals surface area contributed by atoms with Crippen LogP contribution in [0.1, 0.15) is 10.4 Å². The van der Waals surface area contributed by atoms with E-state index in [1.165, 1.54) is 18.2 Å². The smallest absolute Gasteiger partial charge is 0.252 e. The van der Waals surface area contributed by atoms with Crippen molar-refractivity contribution in [3.05, 3.63) is 76.0 Å². The summed E-state index contributed by atoms with van der Waals surface area (Å²) < 4.78 is 18.4. The lowest BCUT2D eigenvalue weighted by Gasteiger charge is -2.08. The Morgan fingerprint density at radius 2 is 1.81 bits per heavy atom. The van der Waals surface area contributed by atoms with Gasteiger partial charge in [0.2, 0.25) is 5.88 Å². The first-order valence-corrected chi connectivity index (χ1v) is 8.74. The molecule has 1 aromatic heterocycles. The van der Waals surface area contributed by atoms with Crippen molar-refractivity contribution in [3.63, 3.8) is 0 Å². The highest BCUT2D eigenvalue weighted by atomic mass is 35.5. The van der Waals surface area contributed by atoms with Crippen molar-refractivity contribution in [2.75, 3.05) is 13.2 Å². The van der Waals surface area contributed by atoms with E-state index in [0.29, 0.717) is 22.2 Å². The van der Waals surface area contributed by atoms with Crippen molar-refractivity contribution in [1.82, 2.24) is 15.5 Å². The largest absolute Gasteiger partial charge is 0.475 e. The maximum atomic E-state index is 12.9. The second-order valence-corrected chi connectivity index (χ2v) is 6.34. The van der Waals surface area contributed by atoms with Gasteiger partial charge in [-0.1, -0.05) is 23.2 Å². The number of aromatic nitrogens is 2. The van der Waals surface area contributed by atoms with Gasteiger partial charge >= 0.3 is 0 Å². The molecular formula is C19H14Cl2FN3O2. The first kappa shape index (κ1) is 19.1. The molecule has 3 aromatic rings. The third kappa shape index (κ3) is 5.15. The molecule has 0 saturated heterocycles. The summed E-state index contributed by atoms with van der Waals surface area (Å²) >= 11 is 11.8. The van der Waals surface area contributed by atoms with Gasteiger partial charge in [-0.2, -0.15) is 0 Å². The molecule has 27 heavy (non-hydrogen) atoms. The summed E-state index contributed by atoms with van der Waals surface area (Å²) in [5, 5.41) is 11.4. The molecule has 0 fully saturated rings. The average Bonchev–Trinajstić information content (AvgIpc) is 2.66. The SMILES string of the molecule is O=C(NCCOc1ccc(-c2ccc(F)cc2)nn1)c1ccc(Cl)cc1Cl. The number of benzene rings is 2. The van der Waals surface area contributed by atoms with Gasteiger partial charge in [0.15, 0.2) is 0 Å². The van der Waals surface area contributed by atoms with Crippen LogP contribution >= 0.6 is 23.2 Å². The van der Waals surface area contributed by atoms with E-state index in [1.54, 1.807) is 36.4 Å².